The van der Waals surface area contributed by atoms with Gasteiger partial charge < -0.3 is 10.1 Å². The third-order valence-corrected chi connectivity index (χ3v) is 3.22. The number of benzene rings is 1. The summed E-state index contributed by atoms with van der Waals surface area (Å²) in [6.45, 7) is 1.01. The van der Waals surface area contributed by atoms with E-state index in [1.807, 2.05) is 0 Å². The molecule has 0 unspecified atom stereocenters. The van der Waals surface area contributed by atoms with Crippen LogP contribution in [0.1, 0.15) is 16.1 Å². The van der Waals surface area contributed by atoms with Gasteiger partial charge in [0.15, 0.2) is 0 Å². The lowest BCUT2D eigenvalue weighted by Crippen LogP contribution is -2.31. The summed E-state index contributed by atoms with van der Waals surface area (Å²) < 4.78 is 18.9. The van der Waals surface area contributed by atoms with Crippen LogP contribution in [0.2, 0.25) is 0 Å². The number of carbonyl (C=O) groups is 1. The van der Waals surface area contributed by atoms with Crippen molar-refractivity contribution in [3.63, 3.8) is 0 Å². The van der Waals surface area contributed by atoms with Crippen LogP contribution in [0.3, 0.4) is 0 Å². The molecule has 1 heterocycles. The van der Waals surface area contributed by atoms with Gasteiger partial charge in [-0.3, -0.25) is 9.59 Å². The van der Waals surface area contributed by atoms with E-state index < -0.39 is 0 Å². The number of hydrogen-bond donors (Lipinski definition) is 1. The molecular formula is C16H18FN3O3. The monoisotopic (exact) mass is 319 g/mol. The Kier molecular flexibility index (Phi) is 5.99. The second-order valence-corrected chi connectivity index (χ2v) is 4.91. The van der Waals surface area contributed by atoms with E-state index in [0.717, 1.165) is 5.56 Å². The molecule has 0 bridgehead atoms. The van der Waals surface area contributed by atoms with Crippen molar-refractivity contribution in [3.8, 4) is 0 Å². The number of hydrogen-bond acceptors (Lipinski definition) is 4. The van der Waals surface area contributed by atoms with Crippen LogP contribution >= 0.6 is 0 Å². The Morgan fingerprint density at radius 3 is 2.70 bits per heavy atom. The molecule has 0 fully saturated rings. The summed E-state index contributed by atoms with van der Waals surface area (Å²) in [5.74, 6) is -0.654. The van der Waals surface area contributed by atoms with Crippen LogP contribution in [0.5, 0.6) is 0 Å². The Bertz CT molecular complexity index is 713. The highest BCUT2D eigenvalue weighted by atomic mass is 19.1. The SMILES string of the molecule is COCCn1nc(C(=O)NCCc2ccc(F)cc2)ccc1=O. The zero-order chi connectivity index (χ0) is 16.7. The highest BCUT2D eigenvalue weighted by Gasteiger charge is 2.09. The van der Waals surface area contributed by atoms with Crippen LogP contribution < -0.4 is 10.9 Å². The maximum absolute atomic E-state index is 12.8. The average molecular weight is 319 g/mol. The Balaban J connectivity index is 1.92. The van der Waals surface area contributed by atoms with Crippen LogP contribution in [-0.4, -0.2) is 35.9 Å². The summed E-state index contributed by atoms with van der Waals surface area (Å²) in [6.07, 6.45) is 0.579. The largest absolute Gasteiger partial charge is 0.383 e. The van der Waals surface area contributed by atoms with Crippen molar-refractivity contribution in [1.29, 1.82) is 0 Å². The molecule has 1 aromatic carbocycles. The van der Waals surface area contributed by atoms with Gasteiger partial charge in [-0.25, -0.2) is 9.07 Å². The molecule has 1 N–H and O–H groups in total. The molecule has 0 aliphatic carbocycles. The first-order chi connectivity index (χ1) is 11.1. The molecule has 0 aliphatic heterocycles. The van der Waals surface area contributed by atoms with Crippen LogP contribution in [0.4, 0.5) is 4.39 Å². The highest BCUT2D eigenvalue weighted by molar-refractivity contribution is 5.91. The summed E-state index contributed by atoms with van der Waals surface area (Å²) in [4.78, 5) is 23.7. The zero-order valence-corrected chi connectivity index (χ0v) is 12.8. The molecule has 0 spiro atoms. The molecule has 0 atom stereocenters. The van der Waals surface area contributed by atoms with Crippen molar-refractivity contribution in [1.82, 2.24) is 15.1 Å². The summed E-state index contributed by atoms with van der Waals surface area (Å²) in [7, 11) is 1.52. The average Bonchev–Trinajstić information content (AvgIpc) is 2.56. The molecule has 0 radical (unpaired) electrons. The van der Waals surface area contributed by atoms with E-state index in [4.69, 9.17) is 4.74 Å². The number of carbonyl (C=O) groups excluding carboxylic acids is 1. The van der Waals surface area contributed by atoms with Gasteiger partial charge in [0, 0.05) is 19.7 Å². The Hall–Kier alpha value is -2.54. The van der Waals surface area contributed by atoms with Crippen molar-refractivity contribution in [2.45, 2.75) is 13.0 Å². The summed E-state index contributed by atoms with van der Waals surface area (Å²) in [5, 5.41) is 6.73. The normalized spacial score (nSPS) is 10.5. The molecule has 0 saturated carbocycles. The van der Waals surface area contributed by atoms with E-state index in [-0.39, 0.29) is 29.5 Å². The molecule has 2 rings (SSSR count). The fourth-order valence-electron chi connectivity index (χ4n) is 1.97. The van der Waals surface area contributed by atoms with Gasteiger partial charge in [0.25, 0.3) is 11.5 Å². The Labute approximate surface area is 132 Å². The summed E-state index contributed by atoms with van der Waals surface area (Å²) in [6, 6.07) is 8.79. The quantitative estimate of drug-likeness (QED) is 0.826. The molecule has 7 heteroatoms. The third kappa shape index (κ3) is 5.00. The Morgan fingerprint density at radius 2 is 2.00 bits per heavy atom. The lowest BCUT2D eigenvalue weighted by molar-refractivity contribution is 0.0945. The van der Waals surface area contributed by atoms with E-state index >= 15 is 0 Å². The minimum atomic E-state index is -0.363. The van der Waals surface area contributed by atoms with Crippen molar-refractivity contribution in [2.75, 3.05) is 20.3 Å². The number of halogens is 1. The first-order valence-corrected chi connectivity index (χ1v) is 7.20. The van der Waals surface area contributed by atoms with E-state index in [9.17, 15) is 14.0 Å². The Morgan fingerprint density at radius 1 is 1.26 bits per heavy atom. The lowest BCUT2D eigenvalue weighted by atomic mass is 10.1. The first-order valence-electron chi connectivity index (χ1n) is 7.20. The summed E-state index contributed by atoms with van der Waals surface area (Å²) in [5.41, 5.74) is 0.800. The van der Waals surface area contributed by atoms with Crippen LogP contribution in [0.25, 0.3) is 0 Å². The number of amides is 1. The molecule has 2 aromatic rings. The van der Waals surface area contributed by atoms with E-state index in [0.29, 0.717) is 19.6 Å². The first kappa shape index (κ1) is 16.8. The molecule has 122 valence electrons. The van der Waals surface area contributed by atoms with Crippen LogP contribution in [0, 0.1) is 5.82 Å². The second kappa shape index (κ2) is 8.19. The number of ether oxygens (including phenoxy) is 1. The van der Waals surface area contributed by atoms with Gasteiger partial charge in [0.1, 0.15) is 11.5 Å². The zero-order valence-electron chi connectivity index (χ0n) is 12.8. The van der Waals surface area contributed by atoms with E-state index in [2.05, 4.69) is 10.4 Å². The molecule has 0 aliphatic rings. The number of methoxy groups -OCH3 is 1. The molecule has 0 saturated heterocycles. The van der Waals surface area contributed by atoms with Gasteiger partial charge in [-0.2, -0.15) is 5.10 Å². The topological polar surface area (TPSA) is 73.2 Å². The van der Waals surface area contributed by atoms with Gasteiger partial charge in [0.2, 0.25) is 0 Å². The molecule has 23 heavy (non-hydrogen) atoms. The molecule has 6 nitrogen and oxygen atoms in total. The van der Waals surface area contributed by atoms with E-state index in [1.54, 1.807) is 12.1 Å². The van der Waals surface area contributed by atoms with Crippen LogP contribution in [0.15, 0.2) is 41.2 Å². The van der Waals surface area contributed by atoms with Crippen LogP contribution in [-0.2, 0) is 17.7 Å². The second-order valence-electron chi connectivity index (χ2n) is 4.91. The van der Waals surface area contributed by atoms with Gasteiger partial charge in [-0.15, -0.1) is 0 Å². The smallest absolute Gasteiger partial charge is 0.271 e. The molecule has 1 aromatic heterocycles. The van der Waals surface area contributed by atoms with Crippen molar-refractivity contribution < 1.29 is 13.9 Å². The predicted octanol–water partition coefficient (Wildman–Crippen LogP) is 1.00. The number of rotatable bonds is 7. The standard InChI is InChI=1S/C16H18FN3O3/c1-23-11-10-20-15(21)7-6-14(19-20)16(22)18-9-8-12-2-4-13(17)5-3-12/h2-7H,8-11H2,1H3,(H,18,22). The lowest BCUT2D eigenvalue weighted by Gasteiger charge is -2.07. The van der Waals surface area contributed by atoms with E-state index in [1.165, 1.54) is 36.1 Å². The maximum Gasteiger partial charge on any atom is 0.271 e. The number of nitrogens with one attached hydrogen (secondary N) is 1. The van der Waals surface area contributed by atoms with Crippen molar-refractivity contribution in [3.05, 3.63) is 63.8 Å². The minimum absolute atomic E-state index is 0.166. The number of nitrogens with zero attached hydrogens (tertiary/aromatic N) is 2. The number of aromatic nitrogens is 2. The summed E-state index contributed by atoms with van der Waals surface area (Å²) >= 11 is 0. The van der Waals surface area contributed by atoms with Gasteiger partial charge in [-0.1, -0.05) is 12.1 Å². The van der Waals surface area contributed by atoms with Gasteiger partial charge >= 0.3 is 0 Å². The highest BCUT2D eigenvalue weighted by Crippen LogP contribution is 2.03. The van der Waals surface area contributed by atoms with Gasteiger partial charge in [-0.05, 0) is 30.2 Å². The molecular weight excluding hydrogens is 301 g/mol. The maximum atomic E-state index is 12.8. The third-order valence-electron chi connectivity index (χ3n) is 3.22. The fraction of sp³-hybridized carbons (Fsp3) is 0.312. The predicted molar refractivity (Wildman–Crippen MR) is 82.8 cm³/mol. The molecule has 1 amide bonds. The van der Waals surface area contributed by atoms with Gasteiger partial charge in [0.05, 0.1) is 13.2 Å². The fourth-order valence-corrected chi connectivity index (χ4v) is 1.97. The minimum Gasteiger partial charge on any atom is -0.383 e. The van der Waals surface area contributed by atoms with Crippen molar-refractivity contribution >= 4 is 5.91 Å². The van der Waals surface area contributed by atoms with Crippen molar-refractivity contribution in [2.24, 2.45) is 0 Å².